The summed E-state index contributed by atoms with van der Waals surface area (Å²) in [6.45, 7) is -0.180. The van der Waals surface area contributed by atoms with Gasteiger partial charge in [0.25, 0.3) is 6.10 Å². The van der Waals surface area contributed by atoms with Crippen LogP contribution in [0.1, 0.15) is 6.42 Å². The summed E-state index contributed by atoms with van der Waals surface area (Å²) in [6.07, 6.45) is -17.2. The molecule has 1 atom stereocenters. The zero-order valence-electron chi connectivity index (χ0n) is 14.6. The Morgan fingerprint density at radius 3 is 2.28 bits per heavy atom. The van der Waals surface area contributed by atoms with E-state index in [0.29, 0.717) is 10.7 Å². The van der Waals surface area contributed by atoms with Crippen LogP contribution in [0.5, 0.6) is 0 Å². The van der Waals surface area contributed by atoms with Crippen molar-refractivity contribution in [2.45, 2.75) is 24.9 Å². The van der Waals surface area contributed by atoms with Gasteiger partial charge in [-0.15, -0.1) is 0 Å². The van der Waals surface area contributed by atoms with Gasteiger partial charge in [-0.1, -0.05) is 11.6 Å². The van der Waals surface area contributed by atoms with Crippen LogP contribution in [0.2, 0.25) is 5.02 Å². The Labute approximate surface area is 166 Å². The van der Waals surface area contributed by atoms with Crippen LogP contribution in [-0.4, -0.2) is 55.1 Å². The lowest BCUT2D eigenvalue weighted by molar-refractivity contribution is -0.308. The summed E-state index contributed by atoms with van der Waals surface area (Å²) >= 11 is 5.72. The van der Waals surface area contributed by atoms with Gasteiger partial charge in [0, 0.05) is 30.3 Å². The van der Waals surface area contributed by atoms with Crippen molar-refractivity contribution in [1.82, 2.24) is 10.2 Å². The number of halogens is 7. The van der Waals surface area contributed by atoms with E-state index in [1.54, 1.807) is 24.3 Å². The molecule has 1 aromatic rings. The number of alkyl halides is 6. The van der Waals surface area contributed by atoms with Gasteiger partial charge in [-0.05, 0) is 36.6 Å². The number of ether oxygens (including phenoxy) is 1. The summed E-state index contributed by atoms with van der Waals surface area (Å²) in [5.41, 5.74) is 0.467. The predicted octanol–water partition coefficient (Wildman–Crippen LogP) is 4.41. The molecule has 29 heavy (non-hydrogen) atoms. The molecular formula is C16H16ClF6N3O3. The van der Waals surface area contributed by atoms with Gasteiger partial charge < -0.3 is 20.3 Å². The number of nitrogens with one attached hydrogen (secondary N) is 2. The van der Waals surface area contributed by atoms with Crippen molar-refractivity contribution >= 4 is 29.4 Å². The van der Waals surface area contributed by atoms with E-state index in [0.717, 1.165) is 4.90 Å². The molecule has 3 amide bonds. The first-order chi connectivity index (χ1) is 13.4. The molecule has 1 aromatic carbocycles. The normalized spacial score (nSPS) is 17.4. The zero-order chi connectivity index (χ0) is 21.8. The smallest absolute Gasteiger partial charge is 0.426 e. The minimum absolute atomic E-state index is 0.0607. The summed E-state index contributed by atoms with van der Waals surface area (Å²) in [4.78, 5) is 24.3. The van der Waals surface area contributed by atoms with Gasteiger partial charge in [0.15, 0.2) is 0 Å². The fraction of sp³-hybridized carbons (Fsp3) is 0.500. The number of rotatable bonds is 4. The van der Waals surface area contributed by atoms with E-state index in [1.165, 1.54) is 0 Å². The first-order valence-electron chi connectivity index (χ1n) is 8.25. The number of anilines is 1. The van der Waals surface area contributed by atoms with Crippen molar-refractivity contribution in [1.29, 1.82) is 0 Å². The van der Waals surface area contributed by atoms with Gasteiger partial charge in [-0.3, -0.25) is 0 Å². The van der Waals surface area contributed by atoms with Crippen LogP contribution >= 0.6 is 11.6 Å². The van der Waals surface area contributed by atoms with E-state index in [1.807, 2.05) is 0 Å². The molecule has 1 aliphatic heterocycles. The second kappa shape index (κ2) is 8.97. The van der Waals surface area contributed by atoms with E-state index in [9.17, 15) is 35.9 Å². The fourth-order valence-corrected chi connectivity index (χ4v) is 2.73. The summed E-state index contributed by atoms with van der Waals surface area (Å²) in [6, 6.07) is 5.68. The topological polar surface area (TPSA) is 70.7 Å². The van der Waals surface area contributed by atoms with Crippen LogP contribution in [-0.2, 0) is 4.74 Å². The molecule has 1 fully saturated rings. The molecule has 2 N–H and O–H groups in total. The minimum Gasteiger partial charge on any atom is -0.426 e. The first-order valence-corrected chi connectivity index (χ1v) is 8.63. The summed E-state index contributed by atoms with van der Waals surface area (Å²) in [7, 11) is 0. The highest BCUT2D eigenvalue weighted by atomic mass is 35.5. The van der Waals surface area contributed by atoms with Gasteiger partial charge in [0.05, 0.1) is 0 Å². The van der Waals surface area contributed by atoms with Gasteiger partial charge >= 0.3 is 24.5 Å². The van der Waals surface area contributed by atoms with Crippen LogP contribution in [0.15, 0.2) is 24.3 Å². The van der Waals surface area contributed by atoms with Crippen molar-refractivity contribution in [3.63, 3.8) is 0 Å². The SMILES string of the molecule is O=C(NCC1CCN(C(=O)OC(C(F)(F)F)C(F)(F)F)C1)Nc1ccc(Cl)cc1. The largest absolute Gasteiger partial charge is 0.434 e. The molecular weight excluding hydrogens is 432 g/mol. The third-order valence-electron chi connectivity index (χ3n) is 4.01. The number of amides is 3. The van der Waals surface area contributed by atoms with Crippen molar-refractivity contribution in [2.24, 2.45) is 5.92 Å². The summed E-state index contributed by atoms with van der Waals surface area (Å²) in [5.74, 6) is -0.353. The number of hydrogen-bond donors (Lipinski definition) is 2. The van der Waals surface area contributed by atoms with Crippen LogP contribution in [0.25, 0.3) is 0 Å². The van der Waals surface area contributed by atoms with Crippen molar-refractivity contribution in [3.05, 3.63) is 29.3 Å². The lowest BCUT2D eigenvalue weighted by Crippen LogP contribution is -2.48. The summed E-state index contributed by atoms with van der Waals surface area (Å²) in [5, 5.41) is 5.52. The monoisotopic (exact) mass is 447 g/mol. The Hall–Kier alpha value is -2.37. The standard InChI is InChI=1S/C16H16ClF6N3O3/c17-10-1-3-11(4-2-10)25-13(27)24-7-9-5-6-26(8-9)14(28)29-12(15(18,19)20)16(21,22)23/h1-4,9,12H,5-8H2,(H2,24,25,27). The highest BCUT2D eigenvalue weighted by molar-refractivity contribution is 6.30. The molecule has 1 aliphatic rings. The quantitative estimate of drug-likeness (QED) is 0.672. The Kier molecular flexibility index (Phi) is 7.09. The molecule has 0 saturated carbocycles. The number of hydrogen-bond acceptors (Lipinski definition) is 3. The van der Waals surface area contributed by atoms with Crippen LogP contribution in [0.3, 0.4) is 0 Å². The summed E-state index contributed by atoms with van der Waals surface area (Å²) < 4.78 is 78.5. The third-order valence-corrected chi connectivity index (χ3v) is 4.26. The molecule has 0 aliphatic carbocycles. The third kappa shape index (κ3) is 6.87. The van der Waals surface area contributed by atoms with E-state index in [2.05, 4.69) is 15.4 Å². The lowest BCUT2D eigenvalue weighted by Gasteiger charge is -2.25. The Morgan fingerprint density at radius 1 is 1.14 bits per heavy atom. The van der Waals surface area contributed by atoms with E-state index in [-0.39, 0.29) is 32.0 Å². The van der Waals surface area contributed by atoms with Crippen LogP contribution < -0.4 is 10.6 Å². The highest BCUT2D eigenvalue weighted by Crippen LogP contribution is 2.36. The molecule has 1 heterocycles. The maximum absolute atomic E-state index is 12.5. The first kappa shape index (κ1) is 22.9. The molecule has 6 nitrogen and oxygen atoms in total. The van der Waals surface area contributed by atoms with E-state index in [4.69, 9.17) is 11.6 Å². The molecule has 1 saturated heterocycles. The lowest BCUT2D eigenvalue weighted by atomic mass is 10.1. The number of urea groups is 1. The van der Waals surface area contributed by atoms with E-state index >= 15 is 0 Å². The average molecular weight is 448 g/mol. The minimum atomic E-state index is -5.77. The Bertz CT molecular complexity index is 712. The van der Waals surface area contributed by atoms with E-state index < -0.39 is 30.6 Å². The number of nitrogens with zero attached hydrogens (tertiary/aromatic N) is 1. The van der Waals surface area contributed by atoms with Gasteiger partial charge in [-0.2, -0.15) is 26.3 Å². The van der Waals surface area contributed by atoms with Crippen molar-refractivity contribution < 1.29 is 40.7 Å². The average Bonchev–Trinajstić information content (AvgIpc) is 3.07. The van der Waals surface area contributed by atoms with Gasteiger partial charge in [-0.25, -0.2) is 9.59 Å². The number of carbonyl (C=O) groups is 2. The second-order valence-corrected chi connectivity index (χ2v) is 6.73. The molecule has 0 radical (unpaired) electrons. The van der Waals surface area contributed by atoms with Gasteiger partial charge in [0.2, 0.25) is 0 Å². The van der Waals surface area contributed by atoms with Crippen molar-refractivity contribution in [3.8, 4) is 0 Å². The second-order valence-electron chi connectivity index (χ2n) is 6.29. The maximum atomic E-state index is 12.5. The Morgan fingerprint density at radius 2 is 1.72 bits per heavy atom. The highest BCUT2D eigenvalue weighted by Gasteiger charge is 2.60. The number of carbonyl (C=O) groups excluding carboxylic acids is 2. The Balaban J connectivity index is 1.81. The number of benzene rings is 1. The number of likely N-dealkylation sites (tertiary alicyclic amines) is 1. The molecule has 2 rings (SSSR count). The van der Waals surface area contributed by atoms with Gasteiger partial charge in [0.1, 0.15) is 0 Å². The molecule has 13 heteroatoms. The molecule has 0 aromatic heterocycles. The molecule has 1 unspecified atom stereocenters. The zero-order valence-corrected chi connectivity index (χ0v) is 15.4. The maximum Gasteiger partial charge on any atom is 0.434 e. The predicted molar refractivity (Wildman–Crippen MR) is 90.5 cm³/mol. The molecule has 0 spiro atoms. The molecule has 0 bridgehead atoms. The van der Waals surface area contributed by atoms with Crippen LogP contribution in [0, 0.1) is 5.92 Å². The van der Waals surface area contributed by atoms with Crippen molar-refractivity contribution in [2.75, 3.05) is 25.0 Å². The molecule has 162 valence electrons. The van der Waals surface area contributed by atoms with Crippen LogP contribution in [0.4, 0.5) is 41.6 Å². The fourth-order valence-electron chi connectivity index (χ4n) is 2.61.